The third-order valence-corrected chi connectivity index (χ3v) is 7.70. The van der Waals surface area contributed by atoms with Gasteiger partial charge in [0.2, 0.25) is 0 Å². The third-order valence-electron chi connectivity index (χ3n) is 6.37. The first-order chi connectivity index (χ1) is 16.2. The first-order valence-corrected chi connectivity index (χ1v) is 12.4. The van der Waals surface area contributed by atoms with Crippen molar-refractivity contribution >= 4 is 39.4 Å². The number of imide groups is 1. The Morgan fingerprint density at radius 2 is 1.85 bits per heavy atom. The summed E-state index contributed by atoms with van der Waals surface area (Å²) in [5.41, 5.74) is 2.00. The van der Waals surface area contributed by atoms with Crippen LogP contribution in [0.2, 0.25) is 0 Å². The molecule has 3 aliphatic heterocycles. The van der Waals surface area contributed by atoms with Gasteiger partial charge >= 0.3 is 6.03 Å². The highest BCUT2D eigenvalue weighted by molar-refractivity contribution is 7.90. The number of hydrogen-bond donors (Lipinski definition) is 2. The van der Waals surface area contributed by atoms with E-state index in [2.05, 4.69) is 15.1 Å². The molecule has 11 heteroatoms. The van der Waals surface area contributed by atoms with Crippen LogP contribution >= 0.6 is 0 Å². The number of carbonyl (C=O) groups excluding carboxylic acids is 3. The number of carbonyl (C=O) groups is 3. The molecule has 0 saturated carbocycles. The van der Waals surface area contributed by atoms with E-state index in [0.717, 1.165) is 19.3 Å². The Labute approximate surface area is 196 Å². The zero-order valence-corrected chi connectivity index (χ0v) is 19.3. The molecule has 2 aromatic carbocycles. The van der Waals surface area contributed by atoms with Crippen molar-refractivity contribution in [3.05, 3.63) is 59.7 Å². The van der Waals surface area contributed by atoms with Crippen molar-refractivity contribution in [3.8, 4) is 0 Å². The van der Waals surface area contributed by atoms with Gasteiger partial charge in [0.25, 0.3) is 21.8 Å². The second-order valence-electron chi connectivity index (χ2n) is 8.63. The smallest absolute Gasteiger partial charge is 0.328 e. The third kappa shape index (κ3) is 3.52. The van der Waals surface area contributed by atoms with Gasteiger partial charge in [-0.05, 0) is 43.5 Å². The number of nitrogens with one attached hydrogen (secondary N) is 2. The lowest BCUT2D eigenvalue weighted by Crippen LogP contribution is -2.48. The molecule has 0 spiro atoms. The molecule has 0 aromatic heterocycles. The van der Waals surface area contributed by atoms with Crippen molar-refractivity contribution in [2.75, 3.05) is 11.4 Å². The average molecular weight is 482 g/mol. The van der Waals surface area contributed by atoms with Crippen LogP contribution in [0.3, 0.4) is 0 Å². The Bertz CT molecular complexity index is 1340. The van der Waals surface area contributed by atoms with Crippen LogP contribution in [-0.2, 0) is 20.4 Å². The van der Waals surface area contributed by atoms with Crippen molar-refractivity contribution in [2.45, 2.75) is 43.0 Å². The van der Waals surface area contributed by atoms with Crippen LogP contribution in [0.1, 0.15) is 48.5 Å². The summed E-state index contributed by atoms with van der Waals surface area (Å²) in [7, 11) is -3.98. The molecule has 0 bridgehead atoms. The lowest BCUT2D eigenvalue weighted by molar-refractivity contribution is -0.132. The molecule has 2 N–H and O–H groups in total. The van der Waals surface area contributed by atoms with Crippen LogP contribution in [-0.4, -0.2) is 43.7 Å². The Morgan fingerprint density at radius 1 is 1.09 bits per heavy atom. The predicted octanol–water partition coefficient (Wildman–Crippen LogP) is 2.28. The largest absolute Gasteiger partial charge is 0.344 e. The number of urea groups is 1. The molecule has 10 nitrogen and oxygen atoms in total. The number of hydrogen-bond acceptors (Lipinski definition) is 6. The van der Waals surface area contributed by atoms with E-state index in [-0.39, 0.29) is 10.5 Å². The van der Waals surface area contributed by atoms with Crippen LogP contribution in [0.15, 0.2) is 57.8 Å². The Morgan fingerprint density at radius 3 is 2.62 bits per heavy atom. The molecular weight excluding hydrogens is 458 g/mol. The summed E-state index contributed by atoms with van der Waals surface area (Å²) in [6.07, 6.45) is 3.34. The molecular formula is C23H23N5O5S. The van der Waals surface area contributed by atoms with Crippen LogP contribution in [0, 0.1) is 0 Å². The van der Waals surface area contributed by atoms with Crippen LogP contribution in [0.5, 0.6) is 0 Å². The lowest BCUT2D eigenvalue weighted by atomic mass is 9.92. The minimum Gasteiger partial charge on any atom is -0.328 e. The molecule has 0 aliphatic carbocycles. The number of hydrazine groups is 1. The van der Waals surface area contributed by atoms with Gasteiger partial charge in [-0.1, -0.05) is 36.8 Å². The molecule has 1 atom stereocenters. The molecule has 176 valence electrons. The van der Waals surface area contributed by atoms with E-state index in [1.54, 1.807) is 43.3 Å². The highest BCUT2D eigenvalue weighted by Crippen LogP contribution is 2.35. The minimum atomic E-state index is -3.98. The molecule has 4 amide bonds. The minimum absolute atomic E-state index is 0.00953. The topological polar surface area (TPSA) is 128 Å². The number of amides is 4. The quantitative estimate of drug-likeness (QED) is 0.648. The fourth-order valence-electron chi connectivity index (χ4n) is 4.49. The van der Waals surface area contributed by atoms with Crippen LogP contribution < -0.4 is 15.6 Å². The van der Waals surface area contributed by atoms with Gasteiger partial charge in [-0.15, -0.1) is 4.40 Å². The van der Waals surface area contributed by atoms with Gasteiger partial charge < -0.3 is 10.2 Å². The number of rotatable bonds is 3. The highest BCUT2D eigenvalue weighted by Gasteiger charge is 2.50. The van der Waals surface area contributed by atoms with Gasteiger partial charge in [-0.3, -0.25) is 15.0 Å². The summed E-state index contributed by atoms with van der Waals surface area (Å²) in [6.45, 7) is 2.20. The molecule has 2 aromatic rings. The molecule has 5 rings (SSSR count). The first kappa shape index (κ1) is 22.1. The number of nitrogens with zero attached hydrogens (tertiary/aromatic N) is 3. The number of fused-ring (bicyclic) bond motifs is 3. The van der Waals surface area contributed by atoms with E-state index in [1.165, 1.54) is 12.1 Å². The maximum Gasteiger partial charge on any atom is 0.344 e. The van der Waals surface area contributed by atoms with Gasteiger partial charge in [0, 0.05) is 18.5 Å². The van der Waals surface area contributed by atoms with Gasteiger partial charge in [-0.25, -0.2) is 4.79 Å². The van der Waals surface area contributed by atoms with E-state index >= 15 is 0 Å². The second kappa shape index (κ2) is 7.94. The average Bonchev–Trinajstić information content (AvgIpc) is 2.97. The van der Waals surface area contributed by atoms with E-state index in [1.807, 2.05) is 4.90 Å². The summed E-state index contributed by atoms with van der Waals surface area (Å²) >= 11 is 0. The number of sulfonamides is 1. The van der Waals surface area contributed by atoms with E-state index in [4.69, 9.17) is 0 Å². The number of benzene rings is 2. The lowest BCUT2D eigenvalue weighted by Gasteiger charge is -2.29. The van der Waals surface area contributed by atoms with E-state index < -0.39 is 33.4 Å². The Hall–Kier alpha value is -3.73. The monoisotopic (exact) mass is 481 g/mol. The predicted molar refractivity (Wildman–Crippen MR) is 124 cm³/mol. The van der Waals surface area contributed by atoms with Gasteiger partial charge in [0.1, 0.15) is 16.3 Å². The maximum absolute atomic E-state index is 13.0. The first-order valence-electron chi connectivity index (χ1n) is 11.0. The SMILES string of the molecule is C[C@]1(c2ccccc2)NC(=O)N(NC(=O)c2ccc3c(c2)S(=O)(=O)N=C2CCCCCN23)C1=O. The number of anilines is 1. The number of amidine groups is 1. The zero-order valence-electron chi connectivity index (χ0n) is 18.4. The van der Waals surface area contributed by atoms with Crippen LogP contribution in [0.25, 0.3) is 0 Å². The maximum atomic E-state index is 13.0. The summed E-state index contributed by atoms with van der Waals surface area (Å²) in [5, 5.41) is 3.23. The summed E-state index contributed by atoms with van der Waals surface area (Å²) in [6, 6.07) is 12.2. The highest BCUT2D eigenvalue weighted by atomic mass is 32.2. The van der Waals surface area contributed by atoms with Gasteiger partial charge in [0.05, 0.1) is 5.69 Å². The van der Waals surface area contributed by atoms with E-state index in [0.29, 0.717) is 35.1 Å². The molecule has 3 aliphatic rings. The van der Waals surface area contributed by atoms with Gasteiger partial charge in [-0.2, -0.15) is 13.4 Å². The van der Waals surface area contributed by atoms with Crippen molar-refractivity contribution < 1.29 is 22.8 Å². The van der Waals surface area contributed by atoms with Crippen molar-refractivity contribution in [2.24, 2.45) is 4.40 Å². The van der Waals surface area contributed by atoms with Crippen molar-refractivity contribution in [3.63, 3.8) is 0 Å². The summed E-state index contributed by atoms with van der Waals surface area (Å²) in [4.78, 5) is 40.3. The molecule has 2 saturated heterocycles. The molecule has 2 fully saturated rings. The van der Waals surface area contributed by atoms with E-state index in [9.17, 15) is 22.8 Å². The molecule has 34 heavy (non-hydrogen) atoms. The fourth-order valence-corrected chi connectivity index (χ4v) is 5.78. The molecule has 0 radical (unpaired) electrons. The fraction of sp³-hybridized carbons (Fsp3) is 0.304. The van der Waals surface area contributed by atoms with Crippen molar-refractivity contribution in [1.29, 1.82) is 0 Å². The summed E-state index contributed by atoms with van der Waals surface area (Å²) < 4.78 is 29.6. The molecule has 0 unspecified atom stereocenters. The zero-order chi connectivity index (χ0) is 24.1. The Kier molecular flexibility index (Phi) is 5.16. The van der Waals surface area contributed by atoms with Gasteiger partial charge in [0.15, 0.2) is 0 Å². The van der Waals surface area contributed by atoms with Crippen LogP contribution in [0.4, 0.5) is 10.5 Å². The second-order valence-corrected chi connectivity index (χ2v) is 10.2. The summed E-state index contributed by atoms with van der Waals surface area (Å²) in [5.74, 6) is -0.923. The standard InChI is InChI=1S/C23H23N5O5S/c1-23(16-8-4-2-5-9-16)21(30)28(22(31)24-23)25-20(29)15-11-12-17-18(14-15)34(32,33)26-19-10-6-3-7-13-27(17)19/h2,4-5,8-9,11-12,14H,3,6-7,10,13H2,1H3,(H,24,31)(H,25,29)/t23-/m1/s1. The molecule has 3 heterocycles. The van der Waals surface area contributed by atoms with Crippen molar-refractivity contribution in [1.82, 2.24) is 15.8 Å². The Balaban J connectivity index is 1.42. The normalized spacial score (nSPS) is 23.4.